The molecule has 0 atom stereocenters. The Bertz CT molecular complexity index is 677. The molecule has 0 aliphatic carbocycles. The number of nitrogens with one attached hydrogen (secondary N) is 2. The van der Waals surface area contributed by atoms with Crippen LogP contribution in [0.1, 0.15) is 44.0 Å². The lowest BCUT2D eigenvalue weighted by Gasteiger charge is -2.33. The van der Waals surface area contributed by atoms with Gasteiger partial charge in [0.2, 0.25) is 5.91 Å². The van der Waals surface area contributed by atoms with Crippen molar-refractivity contribution in [3.8, 4) is 0 Å². The van der Waals surface area contributed by atoms with E-state index in [1.54, 1.807) is 4.90 Å². The molecule has 1 aliphatic rings. The molecule has 8 heteroatoms. The molecule has 0 saturated carbocycles. The van der Waals surface area contributed by atoms with Crippen LogP contribution in [0.3, 0.4) is 0 Å². The Kier molecular flexibility index (Phi) is 6.76. The second-order valence-corrected chi connectivity index (χ2v) is 7.50. The average molecular weight is 379 g/mol. The number of ether oxygens (including phenoxy) is 1. The lowest BCUT2D eigenvalue weighted by atomic mass is 10.1. The highest BCUT2D eigenvalue weighted by atomic mass is 19.1. The highest BCUT2D eigenvalue weighted by Gasteiger charge is 2.27. The fourth-order valence-corrected chi connectivity index (χ4v) is 2.68. The highest BCUT2D eigenvalue weighted by molar-refractivity contribution is 5.96. The summed E-state index contributed by atoms with van der Waals surface area (Å²) in [5, 5.41) is 5.35. The number of likely N-dealkylation sites (tertiary alicyclic amines) is 1. The van der Waals surface area contributed by atoms with Gasteiger partial charge in [0.25, 0.3) is 5.91 Å². The van der Waals surface area contributed by atoms with Crippen LogP contribution in [0.4, 0.5) is 9.18 Å². The van der Waals surface area contributed by atoms with E-state index in [1.807, 2.05) is 20.8 Å². The van der Waals surface area contributed by atoms with E-state index in [0.29, 0.717) is 25.9 Å². The summed E-state index contributed by atoms with van der Waals surface area (Å²) in [4.78, 5) is 37.6. The molecule has 148 valence electrons. The molecule has 1 fully saturated rings. The Hall–Kier alpha value is -2.64. The van der Waals surface area contributed by atoms with Gasteiger partial charge in [0.15, 0.2) is 0 Å². The number of amides is 3. The first-order chi connectivity index (χ1) is 12.6. The Morgan fingerprint density at radius 1 is 1.15 bits per heavy atom. The third kappa shape index (κ3) is 6.88. The molecule has 1 heterocycles. The zero-order valence-electron chi connectivity index (χ0n) is 15.9. The molecule has 3 amide bonds. The number of carbonyl (C=O) groups is 3. The average Bonchev–Trinajstić information content (AvgIpc) is 2.59. The third-order valence-corrected chi connectivity index (χ3v) is 4.03. The van der Waals surface area contributed by atoms with Gasteiger partial charge in [0, 0.05) is 24.7 Å². The lowest BCUT2D eigenvalue weighted by Crippen LogP contribution is -2.49. The van der Waals surface area contributed by atoms with Gasteiger partial charge in [-0.15, -0.1) is 0 Å². The maximum atomic E-state index is 12.9. The summed E-state index contributed by atoms with van der Waals surface area (Å²) < 4.78 is 18.2. The van der Waals surface area contributed by atoms with E-state index in [0.717, 1.165) is 0 Å². The van der Waals surface area contributed by atoms with Crippen LogP contribution in [0.25, 0.3) is 0 Å². The van der Waals surface area contributed by atoms with Gasteiger partial charge in [-0.1, -0.05) is 0 Å². The fourth-order valence-electron chi connectivity index (χ4n) is 2.68. The van der Waals surface area contributed by atoms with Crippen LogP contribution >= 0.6 is 0 Å². The molecule has 1 saturated heterocycles. The van der Waals surface area contributed by atoms with Crippen molar-refractivity contribution in [1.82, 2.24) is 15.5 Å². The van der Waals surface area contributed by atoms with Crippen LogP contribution in [0.15, 0.2) is 24.3 Å². The second-order valence-electron chi connectivity index (χ2n) is 7.50. The summed E-state index contributed by atoms with van der Waals surface area (Å²) in [6, 6.07) is 5.03. The van der Waals surface area contributed by atoms with Crippen LogP contribution in [0.2, 0.25) is 0 Å². The summed E-state index contributed by atoms with van der Waals surface area (Å²) in [6.45, 7) is 6.29. The first-order valence-electron chi connectivity index (χ1n) is 8.95. The zero-order chi connectivity index (χ0) is 20.0. The minimum atomic E-state index is -0.537. The molecule has 0 bridgehead atoms. The van der Waals surface area contributed by atoms with E-state index in [1.165, 1.54) is 24.3 Å². The van der Waals surface area contributed by atoms with Crippen molar-refractivity contribution in [2.24, 2.45) is 0 Å². The first kappa shape index (κ1) is 20.7. The minimum absolute atomic E-state index is 0.0566. The van der Waals surface area contributed by atoms with Crippen LogP contribution in [-0.4, -0.2) is 54.1 Å². The Labute approximate surface area is 158 Å². The van der Waals surface area contributed by atoms with Crippen molar-refractivity contribution >= 4 is 17.9 Å². The minimum Gasteiger partial charge on any atom is -0.444 e. The number of nitrogens with zero attached hydrogens (tertiary/aromatic N) is 1. The van der Waals surface area contributed by atoms with Crippen LogP contribution < -0.4 is 10.6 Å². The van der Waals surface area contributed by atoms with Crippen molar-refractivity contribution in [2.75, 3.05) is 19.6 Å². The lowest BCUT2D eigenvalue weighted by molar-refractivity contribution is -0.121. The molecule has 1 aromatic rings. The van der Waals surface area contributed by atoms with E-state index in [9.17, 15) is 18.8 Å². The van der Waals surface area contributed by atoms with Crippen LogP contribution in [0, 0.1) is 5.82 Å². The number of halogens is 1. The number of carbonyl (C=O) groups excluding carboxylic acids is 3. The van der Waals surface area contributed by atoms with E-state index in [4.69, 9.17) is 4.74 Å². The molecule has 1 aliphatic heterocycles. The quantitative estimate of drug-likeness (QED) is 0.838. The van der Waals surface area contributed by atoms with Crippen molar-refractivity contribution in [3.05, 3.63) is 35.6 Å². The van der Waals surface area contributed by atoms with E-state index in [-0.39, 0.29) is 30.2 Å². The maximum absolute atomic E-state index is 12.9. The monoisotopic (exact) mass is 379 g/mol. The number of hydrogen-bond acceptors (Lipinski definition) is 4. The largest absolute Gasteiger partial charge is 0.444 e. The van der Waals surface area contributed by atoms with Gasteiger partial charge in [-0.2, -0.15) is 0 Å². The van der Waals surface area contributed by atoms with Crippen molar-refractivity contribution < 1.29 is 23.5 Å². The number of benzene rings is 1. The van der Waals surface area contributed by atoms with Gasteiger partial charge >= 0.3 is 6.09 Å². The maximum Gasteiger partial charge on any atom is 0.410 e. The van der Waals surface area contributed by atoms with E-state index < -0.39 is 17.3 Å². The summed E-state index contributed by atoms with van der Waals surface area (Å²) in [5.74, 6) is -1.17. The molecule has 0 radical (unpaired) electrons. The standard InChI is InChI=1S/C19H26FN3O4/c1-19(2,3)27-18(26)23-10-8-15(9-11-23)22-16(24)12-21-17(25)13-4-6-14(20)7-5-13/h4-7,15H,8-12H2,1-3H3,(H,21,25)(H,22,24). The van der Waals surface area contributed by atoms with Gasteiger partial charge < -0.3 is 20.3 Å². The molecular weight excluding hydrogens is 353 g/mol. The third-order valence-electron chi connectivity index (χ3n) is 4.03. The van der Waals surface area contributed by atoms with Gasteiger partial charge in [-0.3, -0.25) is 9.59 Å². The van der Waals surface area contributed by atoms with Crippen LogP contribution in [-0.2, 0) is 9.53 Å². The predicted molar refractivity (Wildman–Crippen MR) is 97.7 cm³/mol. The zero-order valence-corrected chi connectivity index (χ0v) is 15.9. The summed E-state index contributed by atoms with van der Waals surface area (Å²) >= 11 is 0. The molecule has 2 N–H and O–H groups in total. The van der Waals surface area contributed by atoms with Gasteiger partial charge in [0.05, 0.1) is 6.54 Å². The van der Waals surface area contributed by atoms with Gasteiger partial charge in [0.1, 0.15) is 11.4 Å². The molecule has 2 rings (SSSR count). The smallest absolute Gasteiger partial charge is 0.410 e. The Balaban J connectivity index is 1.70. The normalized spacial score (nSPS) is 15.2. The van der Waals surface area contributed by atoms with E-state index in [2.05, 4.69) is 10.6 Å². The summed E-state index contributed by atoms with van der Waals surface area (Å²) in [6.07, 6.45) is 0.896. The topological polar surface area (TPSA) is 87.7 Å². The Morgan fingerprint density at radius 2 is 1.74 bits per heavy atom. The number of rotatable bonds is 4. The number of piperidine rings is 1. The molecule has 1 aromatic carbocycles. The molecule has 0 unspecified atom stereocenters. The number of hydrogen-bond donors (Lipinski definition) is 2. The van der Waals surface area contributed by atoms with Crippen molar-refractivity contribution in [2.45, 2.75) is 45.3 Å². The van der Waals surface area contributed by atoms with Crippen LogP contribution in [0.5, 0.6) is 0 Å². The molecule has 7 nitrogen and oxygen atoms in total. The molecule has 0 aromatic heterocycles. The first-order valence-corrected chi connectivity index (χ1v) is 8.95. The van der Waals surface area contributed by atoms with Gasteiger partial charge in [-0.05, 0) is 57.9 Å². The fraction of sp³-hybridized carbons (Fsp3) is 0.526. The summed E-state index contributed by atoms with van der Waals surface area (Å²) in [5.41, 5.74) is -0.250. The Morgan fingerprint density at radius 3 is 2.30 bits per heavy atom. The SMILES string of the molecule is CC(C)(C)OC(=O)N1CCC(NC(=O)CNC(=O)c2ccc(F)cc2)CC1. The highest BCUT2D eigenvalue weighted by Crippen LogP contribution is 2.15. The summed E-state index contributed by atoms with van der Waals surface area (Å²) in [7, 11) is 0. The van der Waals surface area contributed by atoms with Crippen molar-refractivity contribution in [1.29, 1.82) is 0 Å². The van der Waals surface area contributed by atoms with E-state index >= 15 is 0 Å². The second kappa shape index (κ2) is 8.83. The molecule has 0 spiro atoms. The molecule has 27 heavy (non-hydrogen) atoms. The van der Waals surface area contributed by atoms with Gasteiger partial charge in [-0.25, -0.2) is 9.18 Å². The van der Waals surface area contributed by atoms with Crippen molar-refractivity contribution in [3.63, 3.8) is 0 Å². The molecular formula is C19H26FN3O4. The predicted octanol–water partition coefficient (Wildman–Crippen LogP) is 2.07.